The first-order valence-electron chi connectivity index (χ1n) is 6.62. The average Bonchev–Trinajstić information content (AvgIpc) is 2.90. The highest BCUT2D eigenvalue weighted by atomic mass is 35.5. The zero-order valence-electron chi connectivity index (χ0n) is 10.8. The molecule has 1 aromatic carbocycles. The third kappa shape index (κ3) is 2.67. The molecule has 3 rings (SSSR count). The van der Waals surface area contributed by atoms with Gasteiger partial charge < -0.3 is 14.7 Å². The molecule has 1 aliphatic carbocycles. The van der Waals surface area contributed by atoms with Gasteiger partial charge in [0.2, 0.25) is 0 Å². The lowest BCUT2D eigenvalue weighted by Gasteiger charge is -2.18. The Morgan fingerprint density at radius 2 is 1.90 bits per heavy atom. The Kier molecular flexibility index (Phi) is 3.69. The van der Waals surface area contributed by atoms with E-state index in [0.717, 1.165) is 12.8 Å². The summed E-state index contributed by atoms with van der Waals surface area (Å²) >= 11 is 12.0. The molecule has 3 atom stereocenters. The van der Waals surface area contributed by atoms with Crippen LogP contribution in [0.25, 0.3) is 0 Å². The molecule has 1 aromatic rings. The van der Waals surface area contributed by atoms with Crippen LogP contribution in [0.5, 0.6) is 5.75 Å². The quantitative estimate of drug-likeness (QED) is 0.904. The first kappa shape index (κ1) is 13.8. The smallest absolute Gasteiger partial charge is 0.407 e. The molecule has 1 saturated carbocycles. The van der Waals surface area contributed by atoms with Crippen LogP contribution in [0, 0.1) is 11.8 Å². The van der Waals surface area contributed by atoms with Gasteiger partial charge in [0.1, 0.15) is 5.75 Å². The van der Waals surface area contributed by atoms with Crippen LogP contribution in [0.4, 0.5) is 4.79 Å². The molecule has 0 spiro atoms. The van der Waals surface area contributed by atoms with E-state index in [4.69, 9.17) is 33.0 Å². The average molecular weight is 316 g/mol. The van der Waals surface area contributed by atoms with Gasteiger partial charge in [0.05, 0.1) is 11.1 Å². The summed E-state index contributed by atoms with van der Waals surface area (Å²) in [4.78, 5) is 12.4. The predicted octanol–water partition coefficient (Wildman–Crippen LogP) is 3.76. The maximum atomic E-state index is 10.9. The molecule has 108 valence electrons. The van der Waals surface area contributed by atoms with E-state index in [1.54, 1.807) is 18.2 Å². The summed E-state index contributed by atoms with van der Waals surface area (Å²) in [5.74, 6) is 1.46. The Bertz CT molecular complexity index is 523. The van der Waals surface area contributed by atoms with Crippen LogP contribution in [0.1, 0.15) is 12.8 Å². The number of fused-ring (bicyclic) bond motifs is 1. The van der Waals surface area contributed by atoms with E-state index in [1.807, 2.05) is 0 Å². The normalized spacial score (nSPS) is 28.5. The monoisotopic (exact) mass is 315 g/mol. The van der Waals surface area contributed by atoms with Crippen LogP contribution in [-0.2, 0) is 0 Å². The van der Waals surface area contributed by atoms with Crippen molar-refractivity contribution in [1.82, 2.24) is 4.90 Å². The fourth-order valence-electron chi connectivity index (χ4n) is 3.25. The van der Waals surface area contributed by atoms with Gasteiger partial charge in [-0.1, -0.05) is 23.2 Å². The number of amides is 1. The van der Waals surface area contributed by atoms with E-state index in [9.17, 15) is 4.79 Å². The molecule has 0 aromatic heterocycles. The Balaban J connectivity index is 1.61. The van der Waals surface area contributed by atoms with Gasteiger partial charge >= 0.3 is 6.09 Å². The first-order valence-corrected chi connectivity index (χ1v) is 7.38. The Labute approximate surface area is 127 Å². The number of hydrogen-bond donors (Lipinski definition) is 1. The summed E-state index contributed by atoms with van der Waals surface area (Å²) in [5, 5.41) is 10.1. The third-order valence-electron chi connectivity index (χ3n) is 4.17. The number of benzene rings is 1. The molecule has 1 amide bonds. The minimum absolute atomic E-state index is 0.111. The van der Waals surface area contributed by atoms with E-state index in [1.165, 1.54) is 4.90 Å². The number of hydrogen-bond acceptors (Lipinski definition) is 2. The van der Waals surface area contributed by atoms with E-state index >= 15 is 0 Å². The van der Waals surface area contributed by atoms with E-state index in [0.29, 0.717) is 40.7 Å². The number of likely N-dealkylation sites (tertiary alicyclic amines) is 1. The molecule has 20 heavy (non-hydrogen) atoms. The molecular weight excluding hydrogens is 301 g/mol. The molecule has 1 aliphatic heterocycles. The minimum atomic E-state index is -0.822. The van der Waals surface area contributed by atoms with Crippen molar-refractivity contribution in [2.24, 2.45) is 11.8 Å². The topological polar surface area (TPSA) is 49.8 Å². The molecule has 4 nitrogen and oxygen atoms in total. The highest BCUT2D eigenvalue weighted by Gasteiger charge is 2.43. The lowest BCUT2D eigenvalue weighted by Crippen LogP contribution is -2.29. The van der Waals surface area contributed by atoms with Gasteiger partial charge in [-0.05, 0) is 42.9 Å². The molecule has 0 radical (unpaired) electrons. The molecule has 0 bridgehead atoms. The number of rotatable bonds is 2. The van der Waals surface area contributed by atoms with Crippen LogP contribution < -0.4 is 4.74 Å². The third-order valence-corrected chi connectivity index (χ3v) is 4.70. The van der Waals surface area contributed by atoms with Gasteiger partial charge in [-0.25, -0.2) is 4.79 Å². The van der Waals surface area contributed by atoms with Crippen LogP contribution >= 0.6 is 23.2 Å². The molecule has 6 heteroatoms. The van der Waals surface area contributed by atoms with Gasteiger partial charge in [-0.15, -0.1) is 0 Å². The van der Waals surface area contributed by atoms with E-state index < -0.39 is 6.09 Å². The zero-order valence-corrected chi connectivity index (χ0v) is 12.3. The second kappa shape index (κ2) is 5.34. The van der Waals surface area contributed by atoms with Crippen molar-refractivity contribution in [2.45, 2.75) is 18.9 Å². The van der Waals surface area contributed by atoms with Gasteiger partial charge in [-0.3, -0.25) is 0 Å². The molecule has 2 aliphatic rings. The van der Waals surface area contributed by atoms with Gasteiger partial charge in [0.15, 0.2) is 0 Å². The Morgan fingerprint density at radius 3 is 2.45 bits per heavy atom. The summed E-state index contributed by atoms with van der Waals surface area (Å²) in [6.07, 6.45) is 1.05. The second-order valence-corrected chi connectivity index (χ2v) is 6.34. The lowest BCUT2D eigenvalue weighted by molar-refractivity contribution is 0.144. The largest absolute Gasteiger partial charge is 0.489 e. The summed E-state index contributed by atoms with van der Waals surface area (Å²) in [7, 11) is 0. The summed E-state index contributed by atoms with van der Waals surface area (Å²) in [5.41, 5.74) is 0. The Morgan fingerprint density at radius 1 is 1.25 bits per heavy atom. The van der Waals surface area contributed by atoms with E-state index in [2.05, 4.69) is 0 Å². The van der Waals surface area contributed by atoms with Crippen LogP contribution in [-0.4, -0.2) is 35.3 Å². The fourth-order valence-corrected chi connectivity index (χ4v) is 3.70. The first-order chi connectivity index (χ1) is 9.52. The van der Waals surface area contributed by atoms with Crippen molar-refractivity contribution in [1.29, 1.82) is 0 Å². The molecular formula is C14H15Cl2NO3. The van der Waals surface area contributed by atoms with Crippen LogP contribution in [0.2, 0.25) is 10.0 Å². The van der Waals surface area contributed by atoms with Crippen molar-refractivity contribution in [2.75, 3.05) is 13.1 Å². The maximum absolute atomic E-state index is 10.9. The van der Waals surface area contributed by atoms with Crippen molar-refractivity contribution < 1.29 is 14.6 Å². The fraction of sp³-hybridized carbons (Fsp3) is 0.500. The summed E-state index contributed by atoms with van der Waals surface area (Å²) < 4.78 is 5.94. The van der Waals surface area contributed by atoms with Crippen LogP contribution in [0.3, 0.4) is 0 Å². The number of carboxylic acid groups (broad SMARTS) is 1. The van der Waals surface area contributed by atoms with Crippen molar-refractivity contribution in [3.63, 3.8) is 0 Å². The highest BCUT2D eigenvalue weighted by Crippen LogP contribution is 2.40. The predicted molar refractivity (Wildman–Crippen MR) is 76.7 cm³/mol. The molecule has 1 heterocycles. The number of ether oxygens (including phenoxy) is 1. The number of nitrogens with zero attached hydrogens (tertiary/aromatic N) is 1. The summed E-state index contributed by atoms with van der Waals surface area (Å²) in [6, 6.07) is 5.20. The summed E-state index contributed by atoms with van der Waals surface area (Å²) in [6.45, 7) is 1.24. The van der Waals surface area contributed by atoms with Crippen LogP contribution in [0.15, 0.2) is 18.2 Å². The molecule has 0 unspecified atom stereocenters. The Hall–Kier alpha value is -1.13. The van der Waals surface area contributed by atoms with E-state index in [-0.39, 0.29) is 6.10 Å². The highest BCUT2D eigenvalue weighted by molar-refractivity contribution is 6.35. The van der Waals surface area contributed by atoms with Crippen molar-refractivity contribution >= 4 is 29.3 Å². The van der Waals surface area contributed by atoms with Crippen molar-refractivity contribution in [3.8, 4) is 5.75 Å². The van der Waals surface area contributed by atoms with Crippen molar-refractivity contribution in [3.05, 3.63) is 28.2 Å². The minimum Gasteiger partial charge on any atom is -0.489 e. The standard InChI is InChI=1S/C14H15Cl2NO3/c15-10-1-2-13(12(16)5-10)20-11-3-8-6-17(14(18)19)7-9(8)4-11/h1-2,5,8-9,11H,3-4,6-7H2,(H,18,19)/t8-,9+,11-. The second-order valence-electron chi connectivity index (χ2n) is 5.49. The van der Waals surface area contributed by atoms with Gasteiger partial charge in [-0.2, -0.15) is 0 Å². The molecule has 2 fully saturated rings. The number of carbonyl (C=O) groups is 1. The SMILES string of the molecule is O=C(O)N1C[C@H]2C[C@@H](Oc3ccc(Cl)cc3Cl)C[C@H]2C1. The molecule has 1 N–H and O–H groups in total. The van der Waals surface area contributed by atoms with Gasteiger partial charge in [0.25, 0.3) is 0 Å². The zero-order chi connectivity index (χ0) is 14.3. The lowest BCUT2D eigenvalue weighted by atomic mass is 10.0. The molecule has 1 saturated heterocycles. The van der Waals surface area contributed by atoms with Gasteiger partial charge in [0, 0.05) is 18.1 Å². The number of halogens is 2. The maximum Gasteiger partial charge on any atom is 0.407 e.